The predicted molar refractivity (Wildman–Crippen MR) is 88.1 cm³/mol. The van der Waals surface area contributed by atoms with Gasteiger partial charge in [0.15, 0.2) is 5.78 Å². The van der Waals surface area contributed by atoms with Crippen molar-refractivity contribution in [3.05, 3.63) is 62.7 Å². The Bertz CT molecular complexity index is 809. The molecule has 0 radical (unpaired) electrons. The number of hydrogen-bond donors (Lipinski definition) is 1. The summed E-state index contributed by atoms with van der Waals surface area (Å²) >= 11 is 0. The molecule has 8 nitrogen and oxygen atoms in total. The molecule has 1 aromatic rings. The van der Waals surface area contributed by atoms with E-state index in [0.717, 1.165) is 0 Å². The number of para-hydroxylation sites is 1. The van der Waals surface area contributed by atoms with E-state index in [9.17, 15) is 19.7 Å². The Kier molecular flexibility index (Phi) is 5.21. The molecule has 8 heteroatoms. The van der Waals surface area contributed by atoms with E-state index >= 15 is 0 Å². The minimum atomic E-state index is -1.04. The number of Topliss-reactive ketones (excluding diaryl/α,β-unsaturated/α-hetero) is 1. The van der Waals surface area contributed by atoms with Crippen molar-refractivity contribution in [1.29, 1.82) is 0 Å². The van der Waals surface area contributed by atoms with Gasteiger partial charge in [0.05, 0.1) is 17.4 Å². The summed E-state index contributed by atoms with van der Waals surface area (Å²) < 4.78 is 10.3. The molecule has 1 aliphatic rings. The first-order valence-corrected chi connectivity index (χ1v) is 7.59. The molecular weight excluding hydrogens is 328 g/mol. The standard InChI is InChI=1S/C17H18N2O6/c1-4-24-17(21)15-14(11-7-5-6-8-12(11)19(22)23)13(9(2)20)10(3)25-16(15)18/h5-8,14H,4,18H2,1-3H3. The van der Waals surface area contributed by atoms with Gasteiger partial charge in [-0.2, -0.15) is 0 Å². The number of nitrogens with zero attached hydrogens (tertiary/aromatic N) is 1. The fourth-order valence-electron chi connectivity index (χ4n) is 2.85. The van der Waals surface area contributed by atoms with E-state index < -0.39 is 16.8 Å². The zero-order chi connectivity index (χ0) is 18.7. The van der Waals surface area contributed by atoms with Crippen LogP contribution >= 0.6 is 0 Å². The third-order valence-corrected chi connectivity index (χ3v) is 3.80. The normalized spacial score (nSPS) is 17.2. The summed E-state index contributed by atoms with van der Waals surface area (Å²) in [5, 5.41) is 11.4. The first-order valence-electron chi connectivity index (χ1n) is 7.59. The van der Waals surface area contributed by atoms with Crippen LogP contribution in [0.4, 0.5) is 5.69 Å². The van der Waals surface area contributed by atoms with Gasteiger partial charge in [-0.3, -0.25) is 14.9 Å². The predicted octanol–water partition coefficient (Wildman–Crippen LogP) is 2.31. The quantitative estimate of drug-likeness (QED) is 0.493. The molecule has 0 saturated carbocycles. The van der Waals surface area contributed by atoms with Crippen LogP contribution in [0.15, 0.2) is 47.1 Å². The number of esters is 1. The van der Waals surface area contributed by atoms with Crippen LogP contribution in [0.5, 0.6) is 0 Å². The number of rotatable bonds is 5. The first kappa shape index (κ1) is 18.2. The summed E-state index contributed by atoms with van der Waals surface area (Å²) in [6.07, 6.45) is 0. The molecule has 1 heterocycles. The van der Waals surface area contributed by atoms with E-state index in [2.05, 4.69) is 0 Å². The number of carbonyl (C=O) groups is 2. The highest BCUT2D eigenvalue weighted by atomic mass is 16.6. The van der Waals surface area contributed by atoms with Crippen LogP contribution in [-0.4, -0.2) is 23.3 Å². The number of nitro groups is 1. The van der Waals surface area contributed by atoms with Crippen LogP contribution in [0.3, 0.4) is 0 Å². The molecule has 2 rings (SSSR count). The Morgan fingerprint density at radius 3 is 2.52 bits per heavy atom. The van der Waals surface area contributed by atoms with Gasteiger partial charge in [0.2, 0.25) is 5.88 Å². The van der Waals surface area contributed by atoms with E-state index in [1.165, 1.54) is 32.0 Å². The lowest BCUT2D eigenvalue weighted by Gasteiger charge is -2.28. The molecule has 0 spiro atoms. The molecule has 1 aliphatic heterocycles. The van der Waals surface area contributed by atoms with E-state index in [1.807, 2.05) is 0 Å². The number of benzene rings is 1. The Balaban J connectivity index is 2.77. The maximum Gasteiger partial charge on any atom is 0.340 e. The molecule has 25 heavy (non-hydrogen) atoms. The van der Waals surface area contributed by atoms with Crippen LogP contribution in [0.2, 0.25) is 0 Å². The van der Waals surface area contributed by atoms with Gasteiger partial charge in [-0.1, -0.05) is 18.2 Å². The van der Waals surface area contributed by atoms with Gasteiger partial charge in [-0.05, 0) is 20.8 Å². The van der Waals surface area contributed by atoms with Gasteiger partial charge in [0.1, 0.15) is 11.3 Å². The van der Waals surface area contributed by atoms with Crippen molar-refractivity contribution in [3.8, 4) is 0 Å². The van der Waals surface area contributed by atoms with Crippen molar-refractivity contribution in [1.82, 2.24) is 0 Å². The van der Waals surface area contributed by atoms with Gasteiger partial charge < -0.3 is 15.2 Å². The lowest BCUT2D eigenvalue weighted by Crippen LogP contribution is -2.29. The van der Waals surface area contributed by atoms with E-state index in [-0.39, 0.29) is 46.4 Å². The lowest BCUT2D eigenvalue weighted by atomic mass is 9.80. The maximum absolute atomic E-state index is 12.4. The van der Waals surface area contributed by atoms with Gasteiger partial charge in [0, 0.05) is 17.2 Å². The Morgan fingerprint density at radius 1 is 1.32 bits per heavy atom. The molecule has 0 fully saturated rings. The molecule has 0 amide bonds. The fraction of sp³-hybridized carbons (Fsp3) is 0.294. The van der Waals surface area contributed by atoms with Crippen molar-refractivity contribution >= 4 is 17.4 Å². The number of hydrogen-bond acceptors (Lipinski definition) is 7. The SMILES string of the molecule is CCOC(=O)C1=C(N)OC(C)=C(C(C)=O)C1c1ccccc1[N+](=O)[O-]. The Hall–Kier alpha value is -3.16. The smallest absolute Gasteiger partial charge is 0.340 e. The number of carbonyl (C=O) groups excluding carboxylic acids is 2. The van der Waals surface area contributed by atoms with Gasteiger partial charge in [-0.15, -0.1) is 0 Å². The monoisotopic (exact) mass is 346 g/mol. The summed E-state index contributed by atoms with van der Waals surface area (Å²) in [5.41, 5.74) is 5.82. The number of ether oxygens (including phenoxy) is 2. The van der Waals surface area contributed by atoms with Crippen LogP contribution in [0.25, 0.3) is 0 Å². The van der Waals surface area contributed by atoms with Crippen molar-refractivity contribution in [3.63, 3.8) is 0 Å². The summed E-state index contributed by atoms with van der Waals surface area (Å²) in [7, 11) is 0. The molecule has 132 valence electrons. The number of ketones is 1. The first-order chi connectivity index (χ1) is 11.8. The number of nitro benzene ring substituents is 1. The third-order valence-electron chi connectivity index (χ3n) is 3.80. The minimum absolute atomic E-state index is 0.0807. The molecule has 1 atom stereocenters. The molecule has 1 aromatic carbocycles. The molecule has 1 unspecified atom stereocenters. The number of nitrogens with two attached hydrogens (primary N) is 1. The highest BCUT2D eigenvalue weighted by Crippen LogP contribution is 2.43. The third kappa shape index (κ3) is 3.37. The second-order valence-electron chi connectivity index (χ2n) is 5.38. The van der Waals surface area contributed by atoms with Gasteiger partial charge in [-0.25, -0.2) is 4.79 Å². The van der Waals surface area contributed by atoms with Crippen LogP contribution in [-0.2, 0) is 19.1 Å². The Labute approximate surface area is 144 Å². The highest BCUT2D eigenvalue weighted by Gasteiger charge is 2.40. The summed E-state index contributed by atoms with van der Waals surface area (Å²) in [4.78, 5) is 35.4. The molecule has 0 aliphatic carbocycles. The van der Waals surface area contributed by atoms with Crippen molar-refractivity contribution in [2.75, 3.05) is 6.61 Å². The second-order valence-corrected chi connectivity index (χ2v) is 5.38. The zero-order valence-electron chi connectivity index (χ0n) is 14.1. The Morgan fingerprint density at radius 2 is 1.96 bits per heavy atom. The van der Waals surface area contributed by atoms with Crippen LogP contribution in [0, 0.1) is 10.1 Å². The topological polar surface area (TPSA) is 122 Å². The summed E-state index contributed by atoms with van der Waals surface area (Å²) in [5.74, 6) is -2.23. The molecule has 0 bridgehead atoms. The van der Waals surface area contributed by atoms with Crippen molar-refractivity contribution in [2.24, 2.45) is 5.73 Å². The summed E-state index contributed by atoms with van der Waals surface area (Å²) in [6.45, 7) is 4.52. The average Bonchev–Trinajstić information content (AvgIpc) is 2.53. The van der Waals surface area contributed by atoms with Crippen molar-refractivity contribution in [2.45, 2.75) is 26.7 Å². The molecule has 0 aromatic heterocycles. The lowest BCUT2D eigenvalue weighted by molar-refractivity contribution is -0.385. The number of allylic oxidation sites excluding steroid dienone is 2. The largest absolute Gasteiger partial charge is 0.462 e. The average molecular weight is 346 g/mol. The van der Waals surface area contributed by atoms with E-state index in [0.29, 0.717) is 0 Å². The maximum atomic E-state index is 12.4. The molecule has 2 N–H and O–H groups in total. The molecule has 0 saturated heterocycles. The minimum Gasteiger partial charge on any atom is -0.462 e. The van der Waals surface area contributed by atoms with E-state index in [1.54, 1.807) is 13.0 Å². The van der Waals surface area contributed by atoms with Gasteiger partial charge >= 0.3 is 5.97 Å². The fourth-order valence-corrected chi connectivity index (χ4v) is 2.85. The van der Waals surface area contributed by atoms with Crippen LogP contribution < -0.4 is 5.73 Å². The molecular formula is C17H18N2O6. The van der Waals surface area contributed by atoms with E-state index in [4.69, 9.17) is 15.2 Å². The summed E-state index contributed by atoms with van der Waals surface area (Å²) in [6, 6.07) is 5.87. The highest BCUT2D eigenvalue weighted by molar-refractivity contribution is 6.01. The van der Waals surface area contributed by atoms with Gasteiger partial charge in [0.25, 0.3) is 5.69 Å². The van der Waals surface area contributed by atoms with Crippen LogP contribution in [0.1, 0.15) is 32.3 Å². The van der Waals surface area contributed by atoms with Crippen molar-refractivity contribution < 1.29 is 24.0 Å². The zero-order valence-corrected chi connectivity index (χ0v) is 14.1. The second kappa shape index (κ2) is 7.16.